The second-order valence-electron chi connectivity index (χ2n) is 14.6. The lowest BCUT2D eigenvalue weighted by molar-refractivity contribution is -0.158. The van der Waals surface area contributed by atoms with Gasteiger partial charge in [-0.25, -0.2) is 4.79 Å². The third-order valence-electron chi connectivity index (χ3n) is 9.35. The molecule has 1 unspecified atom stereocenters. The van der Waals surface area contributed by atoms with Crippen LogP contribution >= 0.6 is 11.6 Å². The number of carbonyl (C=O) groups is 4. The summed E-state index contributed by atoms with van der Waals surface area (Å²) in [7, 11) is -0.663. The van der Waals surface area contributed by atoms with Gasteiger partial charge in [0.25, 0.3) is 0 Å². The van der Waals surface area contributed by atoms with Crippen molar-refractivity contribution in [1.82, 2.24) is 16.0 Å². The summed E-state index contributed by atoms with van der Waals surface area (Å²) in [5, 5.41) is 18.9. The number of hydrogen-bond acceptors (Lipinski definition) is 8. The lowest BCUT2D eigenvalue weighted by atomic mass is 9.86. The number of aliphatic hydroxyl groups excluding tert-OH is 1. The molecule has 0 radical (unpaired) electrons. The van der Waals surface area contributed by atoms with E-state index >= 15 is 0 Å². The van der Waals surface area contributed by atoms with E-state index in [2.05, 4.69) is 36.7 Å². The van der Waals surface area contributed by atoms with Crippen molar-refractivity contribution in [3.8, 4) is 5.75 Å². The fourth-order valence-corrected chi connectivity index (χ4v) is 8.68. The van der Waals surface area contributed by atoms with Gasteiger partial charge in [-0.15, -0.1) is 0 Å². The molecule has 1 aromatic rings. The number of methoxy groups -OCH3 is 1. The standard InChI is InChI=1S/C36H58ClN3O8Si/c1-10-49(11-2,12-3)47-23-36(8)22-38-32(43)27(19-25-16-17-30(46-9)26(37)18-25)39-31(42)15-13-14-29(24(4)21-41)48-33(44)28(40-34(36)45)20-35(5,6)7/h13,15-18,24,27-29,41H,10-12,14,19-23H2,1-9H3,(H,38,43)(H,39,42)(H,40,45)/b15-13+/t24-,27-,28+,29+,36?/m1/s1. The van der Waals surface area contributed by atoms with Crippen molar-refractivity contribution in [2.24, 2.45) is 16.7 Å². The molecule has 1 heterocycles. The average Bonchev–Trinajstić information content (AvgIpc) is 3.05. The summed E-state index contributed by atoms with van der Waals surface area (Å²) in [6.07, 6.45) is 2.58. The first-order chi connectivity index (χ1) is 22.9. The van der Waals surface area contributed by atoms with Gasteiger partial charge in [0.1, 0.15) is 23.9 Å². The topological polar surface area (TPSA) is 152 Å². The molecule has 0 aliphatic carbocycles. The molecule has 0 spiro atoms. The minimum Gasteiger partial charge on any atom is -0.495 e. The highest BCUT2D eigenvalue weighted by Crippen LogP contribution is 2.29. The molecule has 5 atom stereocenters. The Hall–Kier alpha value is -2.93. The number of rotatable bonds is 12. The molecule has 276 valence electrons. The van der Waals surface area contributed by atoms with Gasteiger partial charge in [-0.1, -0.05) is 72.2 Å². The van der Waals surface area contributed by atoms with Crippen LogP contribution in [-0.2, 0) is 34.8 Å². The highest BCUT2D eigenvalue weighted by molar-refractivity contribution is 6.73. The second-order valence-corrected chi connectivity index (χ2v) is 19.8. The molecule has 0 aromatic heterocycles. The molecule has 4 N–H and O–H groups in total. The molecule has 0 saturated heterocycles. The summed E-state index contributed by atoms with van der Waals surface area (Å²) < 4.78 is 17.8. The summed E-state index contributed by atoms with van der Waals surface area (Å²) in [6.45, 7) is 15.3. The molecule has 1 aromatic carbocycles. The van der Waals surface area contributed by atoms with E-state index in [9.17, 15) is 24.3 Å². The van der Waals surface area contributed by atoms with Crippen LogP contribution in [0.15, 0.2) is 30.4 Å². The molecular weight excluding hydrogens is 666 g/mol. The highest BCUT2D eigenvalue weighted by atomic mass is 35.5. The van der Waals surface area contributed by atoms with Crippen LogP contribution in [0.1, 0.15) is 73.8 Å². The lowest BCUT2D eigenvalue weighted by Gasteiger charge is -2.37. The summed E-state index contributed by atoms with van der Waals surface area (Å²) in [5.41, 5.74) is -0.954. The Morgan fingerprint density at radius 2 is 1.73 bits per heavy atom. The van der Waals surface area contributed by atoms with E-state index in [-0.39, 0.29) is 44.4 Å². The zero-order chi connectivity index (χ0) is 37.0. The van der Waals surface area contributed by atoms with Crippen LogP contribution < -0.4 is 20.7 Å². The van der Waals surface area contributed by atoms with Gasteiger partial charge in [-0.3, -0.25) is 14.4 Å². The van der Waals surface area contributed by atoms with Gasteiger partial charge in [-0.05, 0) is 60.7 Å². The van der Waals surface area contributed by atoms with Gasteiger partial charge in [0.05, 0.1) is 17.5 Å². The van der Waals surface area contributed by atoms with Crippen molar-refractivity contribution < 1.29 is 38.2 Å². The van der Waals surface area contributed by atoms with E-state index in [1.807, 2.05) is 20.8 Å². The van der Waals surface area contributed by atoms with E-state index in [0.717, 1.165) is 18.1 Å². The molecule has 11 nitrogen and oxygen atoms in total. The fourth-order valence-electron chi connectivity index (χ4n) is 5.67. The highest BCUT2D eigenvalue weighted by Gasteiger charge is 2.41. The lowest BCUT2D eigenvalue weighted by Crippen LogP contribution is -2.57. The number of esters is 1. The molecular formula is C36H58ClN3O8Si. The summed E-state index contributed by atoms with van der Waals surface area (Å²) in [4.78, 5) is 54.9. The first kappa shape index (κ1) is 42.2. The molecule has 0 fully saturated rings. The average molecular weight is 724 g/mol. The summed E-state index contributed by atoms with van der Waals surface area (Å²) in [5.74, 6) is -2.11. The zero-order valence-electron chi connectivity index (χ0n) is 30.7. The third-order valence-corrected chi connectivity index (χ3v) is 14.3. The molecule has 2 rings (SSSR count). The first-order valence-corrected chi connectivity index (χ1v) is 20.2. The largest absolute Gasteiger partial charge is 0.495 e. The van der Waals surface area contributed by atoms with Crippen molar-refractivity contribution in [1.29, 1.82) is 0 Å². The number of carbonyl (C=O) groups excluding carboxylic acids is 4. The molecule has 49 heavy (non-hydrogen) atoms. The number of aliphatic hydroxyl groups is 1. The number of halogens is 1. The number of amides is 3. The van der Waals surface area contributed by atoms with Crippen LogP contribution in [-0.4, -0.2) is 82.2 Å². The van der Waals surface area contributed by atoms with Crippen LogP contribution in [0, 0.1) is 16.7 Å². The molecule has 3 amide bonds. The van der Waals surface area contributed by atoms with E-state index in [1.165, 1.54) is 13.2 Å². The van der Waals surface area contributed by atoms with Gasteiger partial charge in [-0.2, -0.15) is 0 Å². The van der Waals surface area contributed by atoms with Crippen molar-refractivity contribution >= 4 is 43.6 Å². The summed E-state index contributed by atoms with van der Waals surface area (Å²) in [6, 6.07) is 5.69. The molecule has 13 heteroatoms. The van der Waals surface area contributed by atoms with E-state index in [4.69, 9.17) is 25.5 Å². The van der Waals surface area contributed by atoms with Crippen LogP contribution in [0.2, 0.25) is 23.2 Å². The number of hydrogen-bond donors (Lipinski definition) is 4. The normalized spacial score (nSPS) is 24.7. The minimum absolute atomic E-state index is 0.0240. The van der Waals surface area contributed by atoms with Crippen molar-refractivity contribution in [3.05, 3.63) is 40.9 Å². The Labute approximate surface area is 298 Å². The van der Waals surface area contributed by atoms with Crippen molar-refractivity contribution in [2.45, 2.75) is 111 Å². The first-order valence-electron chi connectivity index (χ1n) is 17.3. The molecule has 1 aliphatic heterocycles. The van der Waals surface area contributed by atoms with E-state index < -0.39 is 61.5 Å². The van der Waals surface area contributed by atoms with Gasteiger partial charge in [0.15, 0.2) is 8.32 Å². The van der Waals surface area contributed by atoms with Crippen LogP contribution in [0.5, 0.6) is 5.75 Å². The van der Waals surface area contributed by atoms with Gasteiger partial charge < -0.3 is 35.0 Å². The van der Waals surface area contributed by atoms with E-state index in [1.54, 1.807) is 38.1 Å². The van der Waals surface area contributed by atoms with Crippen molar-refractivity contribution in [2.75, 3.05) is 26.9 Å². The SMILES string of the molecule is CC[Si](CC)(CC)OCC1(C)CNC(=O)[C@@H](Cc2ccc(OC)c(Cl)c2)NC(=O)/C=C/C[C@@H]([C@H](C)CO)OC(=O)[C@H](CC(C)(C)C)NC1=O. The Morgan fingerprint density at radius 1 is 1.08 bits per heavy atom. The molecule has 0 saturated carbocycles. The quantitative estimate of drug-likeness (QED) is 0.175. The number of benzene rings is 1. The Morgan fingerprint density at radius 3 is 2.29 bits per heavy atom. The van der Waals surface area contributed by atoms with Crippen molar-refractivity contribution in [3.63, 3.8) is 0 Å². The second kappa shape index (κ2) is 18.9. The van der Waals surface area contributed by atoms with Crippen LogP contribution in [0.25, 0.3) is 0 Å². The minimum atomic E-state index is -2.17. The maximum Gasteiger partial charge on any atom is 0.328 e. The van der Waals surface area contributed by atoms with Crippen LogP contribution in [0.4, 0.5) is 0 Å². The van der Waals surface area contributed by atoms with Gasteiger partial charge >= 0.3 is 5.97 Å². The van der Waals surface area contributed by atoms with Crippen LogP contribution in [0.3, 0.4) is 0 Å². The zero-order valence-corrected chi connectivity index (χ0v) is 32.5. The van der Waals surface area contributed by atoms with E-state index in [0.29, 0.717) is 16.3 Å². The Kier molecular flexibility index (Phi) is 16.3. The Bertz CT molecular complexity index is 1310. The molecule has 0 bridgehead atoms. The monoisotopic (exact) mass is 723 g/mol. The predicted octanol–water partition coefficient (Wildman–Crippen LogP) is 4.94. The Balaban J connectivity index is 2.61. The third kappa shape index (κ3) is 12.7. The fraction of sp³-hybridized carbons (Fsp3) is 0.667. The smallest absolute Gasteiger partial charge is 0.328 e. The van der Waals surface area contributed by atoms with Gasteiger partial charge in [0, 0.05) is 38.5 Å². The number of cyclic esters (lactones) is 1. The number of nitrogens with one attached hydrogen (secondary N) is 3. The maximum absolute atomic E-state index is 14.3. The maximum atomic E-state index is 14.3. The number of ether oxygens (including phenoxy) is 2. The predicted molar refractivity (Wildman–Crippen MR) is 194 cm³/mol. The summed E-state index contributed by atoms with van der Waals surface area (Å²) >= 11 is 6.36. The molecule has 1 aliphatic rings. The van der Waals surface area contributed by atoms with Gasteiger partial charge in [0.2, 0.25) is 17.7 Å².